The monoisotopic (exact) mass is 177 g/mol. The molecule has 0 unspecified atom stereocenters. The maximum atomic E-state index is 3.87. The molecule has 0 atom stereocenters. The maximum Gasteiger partial charge on any atom is 0.00181 e. The first-order valence-corrected chi connectivity index (χ1v) is 4.07. The summed E-state index contributed by atoms with van der Waals surface area (Å²) in [7, 11) is 0. The first-order valence-electron chi connectivity index (χ1n) is 4.07. The van der Waals surface area contributed by atoms with Crippen molar-refractivity contribution in [3.8, 4) is 0 Å². The van der Waals surface area contributed by atoms with Crippen molar-refractivity contribution in [1.29, 1.82) is 0 Å². The standard InChI is InChI=1S/C9H19N.ClH/c1-5-10(6-2)8-7-9(3)4;/h3,5-8H2,1-2,4H3;1H. The second-order valence-corrected chi connectivity index (χ2v) is 2.73. The fourth-order valence-corrected chi connectivity index (χ4v) is 0.889. The van der Waals surface area contributed by atoms with E-state index < -0.39 is 0 Å². The fourth-order valence-electron chi connectivity index (χ4n) is 0.889. The molecule has 0 aliphatic carbocycles. The van der Waals surface area contributed by atoms with Gasteiger partial charge in [0, 0.05) is 6.54 Å². The summed E-state index contributed by atoms with van der Waals surface area (Å²) in [5.41, 5.74) is 1.28. The summed E-state index contributed by atoms with van der Waals surface area (Å²) in [6.45, 7) is 13.8. The molecule has 0 heterocycles. The maximum absolute atomic E-state index is 3.87. The lowest BCUT2D eigenvalue weighted by atomic mass is 10.2. The third-order valence-electron chi connectivity index (χ3n) is 1.75. The first-order chi connectivity index (χ1) is 4.70. The molecule has 0 fully saturated rings. The number of halogens is 1. The highest BCUT2D eigenvalue weighted by Gasteiger charge is 1.96. The molecule has 0 saturated heterocycles. The van der Waals surface area contributed by atoms with Gasteiger partial charge in [-0.3, -0.25) is 0 Å². The minimum atomic E-state index is 0. The van der Waals surface area contributed by atoms with Crippen LogP contribution in [0, 0.1) is 0 Å². The zero-order valence-electron chi connectivity index (χ0n) is 7.89. The zero-order valence-corrected chi connectivity index (χ0v) is 8.71. The summed E-state index contributed by atoms with van der Waals surface area (Å²) < 4.78 is 0. The Kier molecular flexibility index (Phi) is 9.98. The van der Waals surface area contributed by atoms with Crippen molar-refractivity contribution in [2.75, 3.05) is 19.6 Å². The summed E-state index contributed by atoms with van der Waals surface area (Å²) in [6.07, 6.45) is 1.14. The molecule has 0 aromatic carbocycles. The van der Waals surface area contributed by atoms with Crippen LogP contribution in [0.1, 0.15) is 27.2 Å². The molecule has 0 spiro atoms. The predicted octanol–water partition coefficient (Wildman–Crippen LogP) is 2.72. The van der Waals surface area contributed by atoms with Gasteiger partial charge in [0.1, 0.15) is 0 Å². The van der Waals surface area contributed by atoms with Crippen LogP contribution in [-0.2, 0) is 0 Å². The Morgan fingerprint density at radius 1 is 1.27 bits per heavy atom. The minimum Gasteiger partial charge on any atom is -0.304 e. The van der Waals surface area contributed by atoms with Gasteiger partial charge in [0.2, 0.25) is 0 Å². The zero-order chi connectivity index (χ0) is 7.98. The topological polar surface area (TPSA) is 3.24 Å². The molecule has 68 valence electrons. The van der Waals surface area contributed by atoms with Gasteiger partial charge in [-0.05, 0) is 26.4 Å². The van der Waals surface area contributed by atoms with Gasteiger partial charge in [0.05, 0.1) is 0 Å². The molecular formula is C9H20ClN. The van der Waals surface area contributed by atoms with E-state index in [0.29, 0.717) is 0 Å². The quantitative estimate of drug-likeness (QED) is 0.584. The number of rotatable bonds is 5. The van der Waals surface area contributed by atoms with Crippen LogP contribution in [-0.4, -0.2) is 24.5 Å². The molecule has 0 aliphatic rings. The smallest absolute Gasteiger partial charge is 0.00181 e. The normalized spacial score (nSPS) is 9.45. The molecule has 0 rings (SSSR count). The summed E-state index contributed by atoms with van der Waals surface area (Å²) in [5, 5.41) is 0. The van der Waals surface area contributed by atoms with Gasteiger partial charge < -0.3 is 4.90 Å². The lowest BCUT2D eigenvalue weighted by Crippen LogP contribution is -2.23. The van der Waals surface area contributed by atoms with E-state index >= 15 is 0 Å². The molecule has 0 bridgehead atoms. The number of hydrogen-bond donors (Lipinski definition) is 0. The highest BCUT2D eigenvalue weighted by atomic mass is 35.5. The summed E-state index contributed by atoms with van der Waals surface area (Å²) in [4.78, 5) is 2.41. The van der Waals surface area contributed by atoms with Crippen LogP contribution < -0.4 is 0 Å². The Morgan fingerprint density at radius 2 is 1.73 bits per heavy atom. The molecule has 0 amide bonds. The Balaban J connectivity index is 0. The lowest BCUT2D eigenvalue weighted by Gasteiger charge is -2.17. The van der Waals surface area contributed by atoms with Crippen molar-refractivity contribution in [2.45, 2.75) is 27.2 Å². The van der Waals surface area contributed by atoms with Crippen molar-refractivity contribution in [3.05, 3.63) is 12.2 Å². The average Bonchev–Trinajstić information content (AvgIpc) is 1.90. The van der Waals surface area contributed by atoms with Crippen molar-refractivity contribution < 1.29 is 0 Å². The molecule has 0 radical (unpaired) electrons. The first kappa shape index (κ1) is 13.6. The van der Waals surface area contributed by atoms with Crippen molar-refractivity contribution in [2.24, 2.45) is 0 Å². The van der Waals surface area contributed by atoms with E-state index in [1.165, 1.54) is 12.1 Å². The van der Waals surface area contributed by atoms with Gasteiger partial charge >= 0.3 is 0 Å². The Labute approximate surface area is 76.9 Å². The van der Waals surface area contributed by atoms with E-state index in [4.69, 9.17) is 0 Å². The van der Waals surface area contributed by atoms with Crippen LogP contribution in [0.25, 0.3) is 0 Å². The molecule has 11 heavy (non-hydrogen) atoms. The second-order valence-electron chi connectivity index (χ2n) is 2.73. The molecular weight excluding hydrogens is 158 g/mol. The molecule has 0 aliphatic heterocycles. The van der Waals surface area contributed by atoms with Crippen LogP contribution in [0.3, 0.4) is 0 Å². The SMILES string of the molecule is C=C(C)CCN(CC)CC.Cl. The largest absolute Gasteiger partial charge is 0.304 e. The van der Waals surface area contributed by atoms with Gasteiger partial charge in [0.15, 0.2) is 0 Å². The van der Waals surface area contributed by atoms with Crippen LogP contribution in [0.4, 0.5) is 0 Å². The number of nitrogens with zero attached hydrogens (tertiary/aromatic N) is 1. The third kappa shape index (κ3) is 7.89. The third-order valence-corrected chi connectivity index (χ3v) is 1.75. The van der Waals surface area contributed by atoms with Gasteiger partial charge in [-0.25, -0.2) is 0 Å². The molecule has 1 nitrogen and oxygen atoms in total. The molecule has 0 N–H and O–H groups in total. The highest BCUT2D eigenvalue weighted by Crippen LogP contribution is 1.97. The van der Waals surface area contributed by atoms with E-state index in [9.17, 15) is 0 Å². The van der Waals surface area contributed by atoms with Crippen molar-refractivity contribution >= 4 is 12.4 Å². The molecule has 0 aromatic heterocycles. The lowest BCUT2D eigenvalue weighted by molar-refractivity contribution is 0.308. The van der Waals surface area contributed by atoms with Gasteiger partial charge in [-0.1, -0.05) is 19.4 Å². The summed E-state index contributed by atoms with van der Waals surface area (Å²) in [5.74, 6) is 0. The Morgan fingerprint density at radius 3 is 2.00 bits per heavy atom. The van der Waals surface area contributed by atoms with E-state index in [-0.39, 0.29) is 12.4 Å². The summed E-state index contributed by atoms with van der Waals surface area (Å²) >= 11 is 0. The molecule has 0 saturated carbocycles. The van der Waals surface area contributed by atoms with Gasteiger partial charge in [-0.2, -0.15) is 0 Å². The van der Waals surface area contributed by atoms with Crippen molar-refractivity contribution in [1.82, 2.24) is 4.90 Å². The van der Waals surface area contributed by atoms with Gasteiger partial charge in [-0.15, -0.1) is 19.0 Å². The van der Waals surface area contributed by atoms with Crippen LogP contribution in [0.5, 0.6) is 0 Å². The minimum absolute atomic E-state index is 0. The van der Waals surface area contributed by atoms with Crippen LogP contribution >= 0.6 is 12.4 Å². The number of hydrogen-bond acceptors (Lipinski definition) is 1. The Hall–Kier alpha value is -0.0100. The predicted molar refractivity (Wildman–Crippen MR) is 54.5 cm³/mol. The van der Waals surface area contributed by atoms with E-state index in [1.807, 2.05) is 0 Å². The highest BCUT2D eigenvalue weighted by molar-refractivity contribution is 5.85. The molecule has 0 aromatic rings. The fraction of sp³-hybridized carbons (Fsp3) is 0.778. The van der Waals surface area contributed by atoms with E-state index in [0.717, 1.165) is 19.5 Å². The van der Waals surface area contributed by atoms with Crippen LogP contribution in [0.2, 0.25) is 0 Å². The van der Waals surface area contributed by atoms with Crippen molar-refractivity contribution in [3.63, 3.8) is 0 Å². The Bertz CT molecular complexity index is 97.7. The second kappa shape index (κ2) is 8.09. The van der Waals surface area contributed by atoms with E-state index in [1.54, 1.807) is 0 Å². The summed E-state index contributed by atoms with van der Waals surface area (Å²) in [6, 6.07) is 0. The molecule has 2 heteroatoms. The van der Waals surface area contributed by atoms with Crippen LogP contribution in [0.15, 0.2) is 12.2 Å². The van der Waals surface area contributed by atoms with E-state index in [2.05, 4.69) is 32.3 Å². The van der Waals surface area contributed by atoms with Gasteiger partial charge in [0.25, 0.3) is 0 Å². The average molecular weight is 178 g/mol.